The van der Waals surface area contributed by atoms with Gasteiger partial charge in [-0.1, -0.05) is 0 Å². The predicted octanol–water partition coefficient (Wildman–Crippen LogP) is 2.68. The maximum absolute atomic E-state index is 12.7. The average Bonchev–Trinajstić information content (AvgIpc) is 3.22. The molecule has 2 heterocycles. The lowest BCUT2D eigenvalue weighted by Crippen LogP contribution is -2.39. The van der Waals surface area contributed by atoms with Crippen molar-refractivity contribution in [3.63, 3.8) is 0 Å². The van der Waals surface area contributed by atoms with Crippen molar-refractivity contribution in [1.29, 1.82) is 0 Å². The van der Waals surface area contributed by atoms with Crippen molar-refractivity contribution < 1.29 is 24.1 Å². The molecule has 0 bridgehead atoms. The lowest BCUT2D eigenvalue weighted by atomic mass is 9.96. The molecule has 2 N–H and O–H groups in total. The van der Waals surface area contributed by atoms with E-state index in [0.717, 1.165) is 31.2 Å². The SMILES string of the molecule is CC(C)(O)[C@H]1Cc2c(cc3oc(CO)cc(=O)c3c2OC2CCCC2)O1. The van der Waals surface area contributed by atoms with Crippen LogP contribution in [0, 0.1) is 0 Å². The Morgan fingerprint density at radius 1 is 1.27 bits per heavy atom. The number of hydrogen-bond donors (Lipinski definition) is 2. The van der Waals surface area contributed by atoms with Crippen LogP contribution in [0.25, 0.3) is 11.0 Å². The Hall–Kier alpha value is -2.05. The van der Waals surface area contributed by atoms with Crippen molar-refractivity contribution in [2.75, 3.05) is 0 Å². The van der Waals surface area contributed by atoms with Gasteiger partial charge >= 0.3 is 0 Å². The van der Waals surface area contributed by atoms with Gasteiger partial charge in [-0.05, 0) is 39.5 Å². The summed E-state index contributed by atoms with van der Waals surface area (Å²) in [6.07, 6.45) is 4.27. The van der Waals surface area contributed by atoms with Gasteiger partial charge in [-0.15, -0.1) is 0 Å². The monoisotopic (exact) mass is 360 g/mol. The number of benzene rings is 1. The van der Waals surface area contributed by atoms with Gasteiger partial charge in [-0.2, -0.15) is 0 Å². The molecule has 1 aromatic heterocycles. The molecule has 26 heavy (non-hydrogen) atoms. The second-order valence-corrected chi connectivity index (χ2v) is 7.78. The van der Waals surface area contributed by atoms with Crippen LogP contribution in [0.15, 0.2) is 21.3 Å². The van der Waals surface area contributed by atoms with E-state index >= 15 is 0 Å². The van der Waals surface area contributed by atoms with Crippen LogP contribution in [-0.4, -0.2) is 28.0 Å². The second kappa shape index (κ2) is 6.28. The number of hydrogen-bond acceptors (Lipinski definition) is 6. The number of rotatable bonds is 4. The molecule has 1 atom stereocenters. The van der Waals surface area contributed by atoms with E-state index in [1.54, 1.807) is 19.9 Å². The van der Waals surface area contributed by atoms with Crippen LogP contribution >= 0.6 is 0 Å². The Labute approximate surface area is 151 Å². The van der Waals surface area contributed by atoms with Crippen molar-refractivity contribution in [2.45, 2.75) is 70.4 Å². The molecule has 0 unspecified atom stereocenters. The largest absolute Gasteiger partial charge is 0.489 e. The summed E-state index contributed by atoms with van der Waals surface area (Å²) in [6.45, 7) is 3.05. The van der Waals surface area contributed by atoms with Gasteiger partial charge in [0.05, 0.1) is 11.7 Å². The first kappa shape index (κ1) is 17.4. The molecule has 6 nitrogen and oxygen atoms in total. The van der Waals surface area contributed by atoms with E-state index < -0.39 is 11.7 Å². The third-order valence-corrected chi connectivity index (χ3v) is 5.28. The fourth-order valence-electron chi connectivity index (χ4n) is 3.81. The summed E-state index contributed by atoms with van der Waals surface area (Å²) < 4.78 is 17.9. The highest BCUT2D eigenvalue weighted by Crippen LogP contribution is 2.44. The maximum Gasteiger partial charge on any atom is 0.196 e. The number of aliphatic hydroxyl groups is 2. The van der Waals surface area contributed by atoms with Gasteiger partial charge < -0.3 is 24.1 Å². The van der Waals surface area contributed by atoms with E-state index in [0.29, 0.717) is 28.9 Å². The Balaban J connectivity index is 1.88. The standard InChI is InChI=1S/C20H24O6/c1-20(2,23)17-8-13-15(26-17)9-16-18(14(22)7-12(10-21)24-16)19(13)25-11-5-3-4-6-11/h7,9,11,17,21,23H,3-6,8,10H2,1-2H3/t17-/m1/s1. The zero-order chi connectivity index (χ0) is 18.5. The molecule has 0 saturated heterocycles. The van der Waals surface area contributed by atoms with E-state index in [1.807, 2.05) is 0 Å². The van der Waals surface area contributed by atoms with Crippen LogP contribution in [0.5, 0.6) is 11.5 Å². The van der Waals surface area contributed by atoms with E-state index in [9.17, 15) is 15.0 Å². The van der Waals surface area contributed by atoms with Gasteiger partial charge in [0.2, 0.25) is 0 Å². The predicted molar refractivity (Wildman–Crippen MR) is 95.7 cm³/mol. The molecule has 0 radical (unpaired) electrons. The fraction of sp³-hybridized carbons (Fsp3) is 0.550. The lowest BCUT2D eigenvalue weighted by molar-refractivity contribution is -0.0229. The summed E-state index contributed by atoms with van der Waals surface area (Å²) in [6, 6.07) is 2.97. The highest BCUT2D eigenvalue weighted by atomic mass is 16.5. The molecule has 1 aliphatic carbocycles. The first-order valence-corrected chi connectivity index (χ1v) is 9.16. The van der Waals surface area contributed by atoms with Crippen molar-refractivity contribution >= 4 is 11.0 Å². The smallest absolute Gasteiger partial charge is 0.196 e. The molecule has 1 aliphatic heterocycles. The Morgan fingerprint density at radius 3 is 2.65 bits per heavy atom. The van der Waals surface area contributed by atoms with Crippen LogP contribution in [0.1, 0.15) is 50.9 Å². The van der Waals surface area contributed by atoms with Gasteiger partial charge in [-0.25, -0.2) is 0 Å². The van der Waals surface area contributed by atoms with E-state index in [4.69, 9.17) is 13.9 Å². The molecule has 1 saturated carbocycles. The van der Waals surface area contributed by atoms with Crippen LogP contribution in [0.2, 0.25) is 0 Å². The van der Waals surface area contributed by atoms with Crippen LogP contribution in [0.4, 0.5) is 0 Å². The number of fused-ring (bicyclic) bond motifs is 2. The molecule has 2 aromatic rings. The van der Waals surface area contributed by atoms with Gasteiger partial charge in [0.15, 0.2) is 5.43 Å². The average molecular weight is 360 g/mol. The molecule has 0 spiro atoms. The zero-order valence-corrected chi connectivity index (χ0v) is 15.1. The summed E-state index contributed by atoms with van der Waals surface area (Å²) >= 11 is 0. The maximum atomic E-state index is 12.7. The van der Waals surface area contributed by atoms with Crippen LogP contribution in [0.3, 0.4) is 0 Å². The van der Waals surface area contributed by atoms with E-state index in [1.165, 1.54) is 6.07 Å². The topological polar surface area (TPSA) is 89.1 Å². The molecular formula is C20H24O6. The van der Waals surface area contributed by atoms with Crippen LogP contribution < -0.4 is 14.9 Å². The molecule has 0 amide bonds. The number of aliphatic hydroxyl groups excluding tert-OH is 1. The summed E-state index contributed by atoms with van der Waals surface area (Å²) in [5.41, 5.74) is -0.119. The summed E-state index contributed by atoms with van der Waals surface area (Å²) in [7, 11) is 0. The summed E-state index contributed by atoms with van der Waals surface area (Å²) in [5.74, 6) is 1.27. The normalized spacial score (nSPS) is 20.4. The van der Waals surface area contributed by atoms with Gasteiger partial charge in [0, 0.05) is 24.1 Å². The van der Waals surface area contributed by atoms with Gasteiger partial charge in [0.1, 0.15) is 40.9 Å². The minimum atomic E-state index is -1.02. The third-order valence-electron chi connectivity index (χ3n) is 5.28. The zero-order valence-electron chi connectivity index (χ0n) is 15.1. The Morgan fingerprint density at radius 2 is 2.00 bits per heavy atom. The van der Waals surface area contributed by atoms with Gasteiger partial charge in [-0.3, -0.25) is 4.79 Å². The van der Waals surface area contributed by atoms with Crippen molar-refractivity contribution in [1.82, 2.24) is 0 Å². The fourth-order valence-corrected chi connectivity index (χ4v) is 3.81. The Kier molecular flexibility index (Phi) is 4.20. The van der Waals surface area contributed by atoms with Gasteiger partial charge in [0.25, 0.3) is 0 Å². The first-order valence-electron chi connectivity index (χ1n) is 9.16. The molecule has 4 rings (SSSR count). The second-order valence-electron chi connectivity index (χ2n) is 7.78. The van der Waals surface area contributed by atoms with Crippen LogP contribution in [-0.2, 0) is 13.0 Å². The molecule has 6 heteroatoms. The quantitative estimate of drug-likeness (QED) is 0.871. The van der Waals surface area contributed by atoms with Crippen molar-refractivity contribution in [2.24, 2.45) is 0 Å². The van der Waals surface area contributed by atoms with Crippen molar-refractivity contribution in [3.05, 3.63) is 33.7 Å². The lowest BCUT2D eigenvalue weighted by Gasteiger charge is -2.24. The third kappa shape index (κ3) is 2.97. The minimum Gasteiger partial charge on any atom is -0.489 e. The summed E-state index contributed by atoms with van der Waals surface area (Å²) in [4.78, 5) is 12.7. The molecule has 2 aliphatic rings. The summed E-state index contributed by atoms with van der Waals surface area (Å²) in [5, 5.41) is 20.1. The Bertz CT molecular complexity index is 886. The minimum absolute atomic E-state index is 0.0720. The van der Waals surface area contributed by atoms with E-state index in [2.05, 4.69) is 0 Å². The molecule has 1 fully saturated rings. The first-order chi connectivity index (χ1) is 12.4. The van der Waals surface area contributed by atoms with E-state index in [-0.39, 0.29) is 23.9 Å². The highest BCUT2D eigenvalue weighted by Gasteiger charge is 2.38. The highest BCUT2D eigenvalue weighted by molar-refractivity contribution is 5.87. The molecule has 1 aromatic carbocycles. The van der Waals surface area contributed by atoms with Crippen molar-refractivity contribution in [3.8, 4) is 11.5 Å². The number of ether oxygens (including phenoxy) is 2. The molecular weight excluding hydrogens is 336 g/mol. The molecule has 140 valence electrons.